The minimum absolute atomic E-state index is 0.496. The van der Waals surface area contributed by atoms with E-state index in [0.717, 1.165) is 10.5 Å². The zero-order valence-corrected chi connectivity index (χ0v) is 13.7. The van der Waals surface area contributed by atoms with E-state index in [2.05, 4.69) is 31.9 Å². The fourth-order valence-corrected chi connectivity index (χ4v) is 2.39. The summed E-state index contributed by atoms with van der Waals surface area (Å²) in [5, 5.41) is 8.68. The van der Waals surface area contributed by atoms with Crippen molar-refractivity contribution in [1.82, 2.24) is 0 Å². The first-order valence-electron chi connectivity index (χ1n) is 5.69. The number of benzene rings is 1. The molecule has 1 rings (SSSR count). The van der Waals surface area contributed by atoms with Gasteiger partial charge in [-0.3, -0.25) is 0 Å². The molecule has 0 spiro atoms. The Morgan fingerprint density at radius 1 is 1.26 bits per heavy atom. The van der Waals surface area contributed by atoms with E-state index in [-0.39, 0.29) is 0 Å². The highest BCUT2D eigenvalue weighted by Gasteiger charge is 2.16. The Balaban J connectivity index is 3.31. The van der Waals surface area contributed by atoms with Gasteiger partial charge in [-0.2, -0.15) is 0 Å². The molecule has 0 unspecified atom stereocenters. The monoisotopic (exact) mass is 392 g/mol. The molecule has 1 aromatic carbocycles. The first kappa shape index (κ1) is 16.0. The molecule has 0 saturated carbocycles. The maximum Gasteiger partial charge on any atom is 0.328 e. The number of hydrogen-bond donors (Lipinski definition) is 1. The number of ether oxygens (including phenoxy) is 2. The van der Waals surface area contributed by atoms with E-state index >= 15 is 0 Å². The van der Waals surface area contributed by atoms with E-state index in [4.69, 9.17) is 14.6 Å². The molecule has 0 bridgehead atoms. The summed E-state index contributed by atoms with van der Waals surface area (Å²) in [5.74, 6) is 0.169. The van der Waals surface area contributed by atoms with Gasteiger partial charge in [0, 0.05) is 10.5 Å². The summed E-state index contributed by atoms with van der Waals surface area (Å²) in [6.07, 6.45) is 2.57. The van der Waals surface area contributed by atoms with E-state index in [1.54, 1.807) is 6.07 Å². The van der Waals surface area contributed by atoms with E-state index < -0.39 is 5.97 Å². The molecule has 0 atom stereocenters. The summed E-state index contributed by atoms with van der Waals surface area (Å²) >= 11 is 6.84. The van der Waals surface area contributed by atoms with Crippen molar-refractivity contribution in [2.45, 2.75) is 13.8 Å². The second-order valence-electron chi connectivity index (χ2n) is 3.46. The van der Waals surface area contributed by atoms with Gasteiger partial charge >= 0.3 is 5.97 Å². The predicted molar refractivity (Wildman–Crippen MR) is 80.8 cm³/mol. The third-order valence-electron chi connectivity index (χ3n) is 2.15. The van der Waals surface area contributed by atoms with Crippen molar-refractivity contribution >= 4 is 43.9 Å². The predicted octanol–water partition coefficient (Wildman–Crippen LogP) is 4.11. The molecule has 19 heavy (non-hydrogen) atoms. The summed E-state index contributed by atoms with van der Waals surface area (Å²) < 4.78 is 12.5. The molecular formula is C13H14Br2O4. The van der Waals surface area contributed by atoms with Crippen LogP contribution < -0.4 is 9.47 Å². The fourth-order valence-electron chi connectivity index (χ4n) is 1.43. The topological polar surface area (TPSA) is 55.8 Å². The molecule has 0 amide bonds. The van der Waals surface area contributed by atoms with Crippen molar-refractivity contribution in [3.8, 4) is 11.5 Å². The van der Waals surface area contributed by atoms with E-state index in [9.17, 15) is 4.79 Å². The zero-order chi connectivity index (χ0) is 14.4. The van der Waals surface area contributed by atoms with Gasteiger partial charge in [0.1, 0.15) is 0 Å². The lowest BCUT2D eigenvalue weighted by molar-refractivity contribution is -0.131. The van der Waals surface area contributed by atoms with Crippen molar-refractivity contribution in [3.05, 3.63) is 26.7 Å². The number of halogens is 2. The van der Waals surface area contributed by atoms with Gasteiger partial charge in [0.25, 0.3) is 0 Å². The van der Waals surface area contributed by atoms with Gasteiger partial charge in [-0.25, -0.2) is 4.79 Å². The molecule has 6 heteroatoms. The smallest absolute Gasteiger partial charge is 0.328 e. The highest BCUT2D eigenvalue weighted by molar-refractivity contribution is 9.13. The number of aliphatic carboxylic acids is 1. The van der Waals surface area contributed by atoms with Crippen LogP contribution in [-0.2, 0) is 4.79 Å². The van der Waals surface area contributed by atoms with Crippen molar-refractivity contribution in [1.29, 1.82) is 0 Å². The van der Waals surface area contributed by atoms with Crippen molar-refractivity contribution in [2.75, 3.05) is 13.2 Å². The second-order valence-corrected chi connectivity index (χ2v) is 5.04. The van der Waals surface area contributed by atoms with Crippen LogP contribution in [0.1, 0.15) is 19.4 Å². The fraction of sp³-hybridized carbons (Fsp3) is 0.308. The number of carbonyl (C=O) groups is 1. The molecule has 0 aliphatic carbocycles. The van der Waals surface area contributed by atoms with E-state index in [1.807, 2.05) is 13.8 Å². The zero-order valence-electron chi connectivity index (χ0n) is 10.6. The Morgan fingerprint density at radius 3 is 2.42 bits per heavy atom. The van der Waals surface area contributed by atoms with Crippen LogP contribution in [0.2, 0.25) is 0 Å². The Bertz CT molecular complexity index is 498. The normalized spacial score (nSPS) is 10.7. The third-order valence-corrected chi connectivity index (χ3v) is 4.29. The molecule has 0 aliphatic rings. The van der Waals surface area contributed by atoms with Crippen LogP contribution in [0.25, 0.3) is 6.08 Å². The highest BCUT2D eigenvalue weighted by Crippen LogP contribution is 2.43. The second kappa shape index (κ2) is 7.55. The molecule has 0 heterocycles. The minimum Gasteiger partial charge on any atom is -0.490 e. The van der Waals surface area contributed by atoms with Gasteiger partial charge < -0.3 is 14.6 Å². The first-order chi connectivity index (χ1) is 9.01. The average Bonchev–Trinajstić information content (AvgIpc) is 2.36. The van der Waals surface area contributed by atoms with E-state index in [0.29, 0.717) is 34.7 Å². The number of carboxylic acid groups (broad SMARTS) is 1. The molecule has 0 radical (unpaired) electrons. The molecule has 0 fully saturated rings. The van der Waals surface area contributed by atoms with Crippen LogP contribution >= 0.6 is 31.9 Å². The number of hydrogen-bond acceptors (Lipinski definition) is 3. The third kappa shape index (κ3) is 4.24. The Hall–Kier alpha value is -1.01. The maximum atomic E-state index is 10.6. The summed E-state index contributed by atoms with van der Waals surface area (Å²) in [7, 11) is 0. The van der Waals surface area contributed by atoms with Crippen LogP contribution in [0.15, 0.2) is 21.1 Å². The summed E-state index contributed by atoms with van der Waals surface area (Å²) in [5.41, 5.74) is 0.696. The molecule has 1 N–H and O–H groups in total. The van der Waals surface area contributed by atoms with Gasteiger partial charge in [0.2, 0.25) is 0 Å². The number of carboxylic acids is 1. The summed E-state index contributed by atoms with van der Waals surface area (Å²) in [4.78, 5) is 10.6. The van der Waals surface area contributed by atoms with Crippen LogP contribution in [-0.4, -0.2) is 24.3 Å². The lowest BCUT2D eigenvalue weighted by Crippen LogP contribution is -2.00. The Morgan fingerprint density at radius 2 is 1.89 bits per heavy atom. The van der Waals surface area contributed by atoms with Gasteiger partial charge in [-0.05, 0) is 63.4 Å². The average molecular weight is 394 g/mol. The standard InChI is InChI=1S/C13H14Br2O4/c1-3-18-9-7-8(5-6-10(16)17)11(14)12(15)13(9)19-4-2/h5-7H,3-4H2,1-2H3,(H,16,17)/b6-5+. The van der Waals surface area contributed by atoms with Gasteiger partial charge in [0.05, 0.1) is 17.7 Å². The van der Waals surface area contributed by atoms with E-state index in [1.165, 1.54) is 6.08 Å². The molecule has 0 aliphatic heterocycles. The van der Waals surface area contributed by atoms with Crippen LogP contribution in [0.5, 0.6) is 11.5 Å². The largest absolute Gasteiger partial charge is 0.490 e. The molecule has 104 valence electrons. The molecule has 0 saturated heterocycles. The highest BCUT2D eigenvalue weighted by atomic mass is 79.9. The first-order valence-corrected chi connectivity index (χ1v) is 7.28. The summed E-state index contributed by atoms with van der Waals surface area (Å²) in [6.45, 7) is 4.76. The van der Waals surface area contributed by atoms with Crippen molar-refractivity contribution in [2.24, 2.45) is 0 Å². The molecule has 1 aromatic rings. The quantitative estimate of drug-likeness (QED) is 0.739. The Labute approximate surface area is 128 Å². The molecule has 0 aromatic heterocycles. The SMILES string of the molecule is CCOc1cc(/C=C/C(=O)O)c(Br)c(Br)c1OCC. The van der Waals surface area contributed by atoms with Crippen LogP contribution in [0.3, 0.4) is 0 Å². The van der Waals surface area contributed by atoms with Gasteiger partial charge in [-0.15, -0.1) is 0 Å². The lowest BCUT2D eigenvalue weighted by Gasteiger charge is -2.15. The number of rotatable bonds is 6. The van der Waals surface area contributed by atoms with Crippen LogP contribution in [0, 0.1) is 0 Å². The molecular weight excluding hydrogens is 380 g/mol. The summed E-state index contributed by atoms with van der Waals surface area (Å²) in [6, 6.07) is 1.74. The van der Waals surface area contributed by atoms with Gasteiger partial charge in [0.15, 0.2) is 11.5 Å². The molecule has 4 nitrogen and oxygen atoms in total. The van der Waals surface area contributed by atoms with Crippen LogP contribution in [0.4, 0.5) is 0 Å². The van der Waals surface area contributed by atoms with Crippen molar-refractivity contribution < 1.29 is 19.4 Å². The lowest BCUT2D eigenvalue weighted by atomic mass is 10.2. The minimum atomic E-state index is -1.00. The van der Waals surface area contributed by atoms with Crippen molar-refractivity contribution in [3.63, 3.8) is 0 Å². The maximum absolute atomic E-state index is 10.6. The van der Waals surface area contributed by atoms with Gasteiger partial charge in [-0.1, -0.05) is 0 Å². The Kier molecular flexibility index (Phi) is 6.37.